The summed E-state index contributed by atoms with van der Waals surface area (Å²) in [5, 5.41) is 8.91. The number of thiocarbonyl (C=S) groups is 1. The third kappa shape index (κ3) is 3.34. The summed E-state index contributed by atoms with van der Waals surface area (Å²) < 4.78 is 11.3. The molecule has 4 nitrogen and oxygen atoms in total. The van der Waals surface area contributed by atoms with Gasteiger partial charge in [-0.3, -0.25) is 0 Å². The molecule has 0 amide bonds. The first-order valence-electron chi connectivity index (χ1n) is 4.86. The zero-order chi connectivity index (χ0) is 13.7. The van der Waals surface area contributed by atoms with Gasteiger partial charge in [0.2, 0.25) is 0 Å². The third-order valence-corrected chi connectivity index (χ3v) is 3.17. The van der Waals surface area contributed by atoms with Gasteiger partial charge in [-0.2, -0.15) is 5.26 Å². The van der Waals surface area contributed by atoms with E-state index < -0.39 is 0 Å². The van der Waals surface area contributed by atoms with Crippen LogP contribution in [0.15, 0.2) is 17.7 Å². The van der Waals surface area contributed by atoms with E-state index in [1.807, 2.05) is 12.1 Å². The molecule has 0 heterocycles. The molecule has 0 radical (unpaired) electrons. The van der Waals surface area contributed by atoms with Crippen molar-refractivity contribution in [2.24, 2.45) is 5.73 Å². The van der Waals surface area contributed by atoms with Gasteiger partial charge in [0.05, 0.1) is 23.4 Å². The molecule has 0 aliphatic heterocycles. The Morgan fingerprint density at radius 3 is 2.56 bits per heavy atom. The third-order valence-electron chi connectivity index (χ3n) is 2.15. The van der Waals surface area contributed by atoms with Crippen LogP contribution in [-0.2, 0) is 0 Å². The van der Waals surface area contributed by atoms with E-state index in [2.05, 4.69) is 22.6 Å². The number of hydrogen-bond acceptors (Lipinski definition) is 4. The summed E-state index contributed by atoms with van der Waals surface area (Å²) >= 11 is 6.92. The molecule has 0 atom stereocenters. The molecule has 0 aliphatic carbocycles. The second-order valence-electron chi connectivity index (χ2n) is 3.27. The molecular weight excluding hydrogens is 363 g/mol. The van der Waals surface area contributed by atoms with Crippen LogP contribution in [-0.4, -0.2) is 19.2 Å². The minimum absolute atomic E-state index is 0.0716. The van der Waals surface area contributed by atoms with E-state index in [0.717, 1.165) is 9.13 Å². The number of nitrogens with two attached hydrogens (primary N) is 1. The Balaban J connectivity index is 3.33. The van der Waals surface area contributed by atoms with Crippen molar-refractivity contribution in [2.75, 3.05) is 14.2 Å². The summed E-state index contributed by atoms with van der Waals surface area (Å²) in [7, 11) is 3.13. The minimum atomic E-state index is 0.0716. The monoisotopic (exact) mass is 374 g/mol. The fourth-order valence-electron chi connectivity index (χ4n) is 1.35. The van der Waals surface area contributed by atoms with E-state index in [1.165, 1.54) is 0 Å². The Bertz CT molecular complexity index is 550. The SMILES string of the molecule is COc1cc(/C=C(\C#N)C(N)=S)cc(I)c1OC. The lowest BCUT2D eigenvalue weighted by atomic mass is 10.1. The number of nitriles is 1. The smallest absolute Gasteiger partial charge is 0.174 e. The number of hydrogen-bond donors (Lipinski definition) is 1. The molecule has 0 spiro atoms. The summed E-state index contributed by atoms with van der Waals surface area (Å²) in [6.07, 6.45) is 1.62. The molecule has 0 saturated carbocycles. The summed E-state index contributed by atoms with van der Waals surface area (Å²) in [6, 6.07) is 5.58. The summed E-state index contributed by atoms with van der Waals surface area (Å²) in [6.45, 7) is 0. The summed E-state index contributed by atoms with van der Waals surface area (Å²) in [5.41, 5.74) is 6.48. The zero-order valence-electron chi connectivity index (χ0n) is 9.86. The maximum atomic E-state index is 8.91. The molecule has 6 heteroatoms. The predicted octanol–water partition coefficient (Wildman–Crippen LogP) is 2.50. The van der Waals surface area contributed by atoms with Gasteiger partial charge in [0.15, 0.2) is 11.5 Å². The zero-order valence-corrected chi connectivity index (χ0v) is 12.8. The van der Waals surface area contributed by atoms with E-state index in [1.54, 1.807) is 26.4 Å². The Labute approximate surface area is 125 Å². The Morgan fingerprint density at radius 2 is 2.11 bits per heavy atom. The van der Waals surface area contributed by atoms with Crippen LogP contribution in [0.5, 0.6) is 11.5 Å². The topological polar surface area (TPSA) is 68.3 Å². The normalized spacial score (nSPS) is 10.7. The molecule has 0 saturated heterocycles. The number of methoxy groups -OCH3 is 2. The van der Waals surface area contributed by atoms with Crippen molar-refractivity contribution in [3.63, 3.8) is 0 Å². The maximum absolute atomic E-state index is 8.91. The second kappa shape index (κ2) is 6.56. The maximum Gasteiger partial charge on any atom is 0.174 e. The average molecular weight is 374 g/mol. The molecule has 0 bridgehead atoms. The summed E-state index contributed by atoms with van der Waals surface area (Å²) in [5.74, 6) is 1.25. The van der Waals surface area contributed by atoms with Gasteiger partial charge in [0, 0.05) is 0 Å². The molecule has 2 N–H and O–H groups in total. The molecule has 0 aliphatic rings. The predicted molar refractivity (Wildman–Crippen MR) is 82.6 cm³/mol. The van der Waals surface area contributed by atoms with Gasteiger partial charge in [0.1, 0.15) is 11.1 Å². The standard InChI is InChI=1S/C12H11IN2O2S/c1-16-10-5-7(3-8(6-14)12(15)18)4-9(13)11(10)17-2/h3-5H,1-2H3,(H2,15,18)/b8-3+. The lowest BCUT2D eigenvalue weighted by Gasteiger charge is -2.10. The largest absolute Gasteiger partial charge is 0.493 e. The van der Waals surface area contributed by atoms with E-state index in [4.69, 9.17) is 32.7 Å². The minimum Gasteiger partial charge on any atom is -0.493 e. The highest BCUT2D eigenvalue weighted by molar-refractivity contribution is 14.1. The van der Waals surface area contributed by atoms with Crippen molar-refractivity contribution in [3.8, 4) is 17.6 Å². The first-order chi connectivity index (χ1) is 8.53. The fraction of sp³-hybridized carbons (Fsp3) is 0.167. The van der Waals surface area contributed by atoms with Gasteiger partial charge in [-0.15, -0.1) is 0 Å². The van der Waals surface area contributed by atoms with E-state index in [0.29, 0.717) is 11.5 Å². The Morgan fingerprint density at radius 1 is 1.44 bits per heavy atom. The van der Waals surface area contributed by atoms with E-state index in [9.17, 15) is 0 Å². The molecule has 94 valence electrons. The summed E-state index contributed by atoms with van der Waals surface area (Å²) in [4.78, 5) is 0.0716. The van der Waals surface area contributed by atoms with Gasteiger partial charge in [-0.05, 0) is 46.4 Å². The lowest BCUT2D eigenvalue weighted by Crippen LogP contribution is -2.09. The Kier molecular flexibility index (Phi) is 5.37. The number of nitrogens with zero attached hydrogens (tertiary/aromatic N) is 1. The first-order valence-corrected chi connectivity index (χ1v) is 6.35. The van der Waals surface area contributed by atoms with Crippen LogP contribution in [0.2, 0.25) is 0 Å². The van der Waals surface area contributed by atoms with Crippen LogP contribution >= 0.6 is 34.8 Å². The molecule has 1 rings (SSSR count). The fourth-order valence-corrected chi connectivity index (χ4v) is 2.30. The number of benzene rings is 1. The second-order valence-corrected chi connectivity index (χ2v) is 4.87. The number of halogens is 1. The van der Waals surface area contributed by atoms with Crippen molar-refractivity contribution in [3.05, 3.63) is 26.8 Å². The van der Waals surface area contributed by atoms with E-state index >= 15 is 0 Å². The van der Waals surface area contributed by atoms with Crippen molar-refractivity contribution < 1.29 is 9.47 Å². The van der Waals surface area contributed by atoms with Gasteiger partial charge < -0.3 is 15.2 Å². The van der Waals surface area contributed by atoms with Gasteiger partial charge in [-0.25, -0.2) is 0 Å². The van der Waals surface area contributed by atoms with Crippen LogP contribution in [0.25, 0.3) is 6.08 Å². The average Bonchev–Trinajstić information content (AvgIpc) is 2.34. The van der Waals surface area contributed by atoms with Gasteiger partial charge in [-0.1, -0.05) is 12.2 Å². The molecule has 0 unspecified atom stereocenters. The van der Waals surface area contributed by atoms with Crippen molar-refractivity contribution >= 4 is 45.9 Å². The molecular formula is C12H11IN2O2S. The van der Waals surface area contributed by atoms with Gasteiger partial charge >= 0.3 is 0 Å². The number of ether oxygens (including phenoxy) is 2. The van der Waals surface area contributed by atoms with Crippen molar-refractivity contribution in [1.82, 2.24) is 0 Å². The molecule has 1 aromatic rings. The molecule has 1 aromatic carbocycles. The molecule has 0 fully saturated rings. The van der Waals surface area contributed by atoms with Crippen LogP contribution in [0, 0.1) is 14.9 Å². The van der Waals surface area contributed by atoms with Crippen LogP contribution < -0.4 is 15.2 Å². The van der Waals surface area contributed by atoms with Crippen LogP contribution in [0.4, 0.5) is 0 Å². The molecule has 0 aromatic heterocycles. The quantitative estimate of drug-likeness (QED) is 0.380. The highest BCUT2D eigenvalue weighted by Gasteiger charge is 2.10. The van der Waals surface area contributed by atoms with Crippen LogP contribution in [0.1, 0.15) is 5.56 Å². The first kappa shape index (κ1) is 14.7. The van der Waals surface area contributed by atoms with Crippen LogP contribution in [0.3, 0.4) is 0 Å². The highest BCUT2D eigenvalue weighted by Crippen LogP contribution is 2.34. The lowest BCUT2D eigenvalue weighted by molar-refractivity contribution is 0.353. The highest BCUT2D eigenvalue weighted by atomic mass is 127. The van der Waals surface area contributed by atoms with E-state index in [-0.39, 0.29) is 10.6 Å². The number of rotatable bonds is 4. The van der Waals surface area contributed by atoms with Crippen molar-refractivity contribution in [2.45, 2.75) is 0 Å². The Hall–Kier alpha value is -1.33. The molecule has 18 heavy (non-hydrogen) atoms. The van der Waals surface area contributed by atoms with Crippen molar-refractivity contribution in [1.29, 1.82) is 5.26 Å². The van der Waals surface area contributed by atoms with Gasteiger partial charge in [0.25, 0.3) is 0 Å².